The van der Waals surface area contributed by atoms with E-state index in [4.69, 9.17) is 15.8 Å². The Morgan fingerprint density at radius 1 is 1.15 bits per heavy atom. The normalized spacial score (nSPS) is 9.23. The third kappa shape index (κ3) is 2.55. The first kappa shape index (κ1) is 12.2. The molecule has 0 saturated carbocycles. The van der Waals surface area contributed by atoms with Crippen molar-refractivity contribution >= 4 is 30.7 Å². The van der Waals surface area contributed by atoms with Gasteiger partial charge in [-0.05, 0) is 17.6 Å². The monoisotopic (exact) mass is 209 g/mol. The van der Waals surface area contributed by atoms with Gasteiger partial charge in [-0.15, -0.1) is 12.4 Å². The highest BCUT2D eigenvalue weighted by Gasteiger charge is 2.15. The summed E-state index contributed by atoms with van der Waals surface area (Å²) in [6.45, 7) is 0. The fraction of sp³-hybridized carbons (Fsp3) is 0. The van der Waals surface area contributed by atoms with Crippen LogP contribution in [0.3, 0.4) is 0 Å². The third-order valence-corrected chi connectivity index (χ3v) is 1.40. The lowest BCUT2D eigenvalue weighted by Crippen LogP contribution is -2.30. The molecular weight excluding hydrogens is 202 g/mol. The number of hydrogen-bond acceptors (Lipinski definition) is 3. The Morgan fingerprint density at radius 3 is 1.85 bits per heavy atom. The maximum atomic E-state index is 12.6. The van der Waals surface area contributed by atoms with Crippen molar-refractivity contribution < 1.29 is 18.8 Å². The largest absolute Gasteiger partial charge is 0.488 e. The summed E-state index contributed by atoms with van der Waals surface area (Å²) < 4.78 is 25.2. The highest BCUT2D eigenvalue weighted by molar-refractivity contribution is 6.58. The van der Waals surface area contributed by atoms with Crippen molar-refractivity contribution in [3.05, 3.63) is 23.8 Å². The van der Waals surface area contributed by atoms with Crippen LogP contribution in [0.1, 0.15) is 0 Å². The molecule has 0 radical (unpaired) electrons. The van der Waals surface area contributed by atoms with Crippen LogP contribution in [0.2, 0.25) is 0 Å². The van der Waals surface area contributed by atoms with Crippen LogP contribution in [-0.4, -0.2) is 17.2 Å². The molecule has 72 valence electrons. The van der Waals surface area contributed by atoms with Crippen molar-refractivity contribution in [3.8, 4) is 0 Å². The highest BCUT2D eigenvalue weighted by atomic mass is 35.5. The molecule has 0 spiro atoms. The van der Waals surface area contributed by atoms with Gasteiger partial charge < -0.3 is 15.8 Å². The molecule has 0 heterocycles. The van der Waals surface area contributed by atoms with Gasteiger partial charge in [-0.25, -0.2) is 8.78 Å². The minimum atomic E-state index is -1.89. The topological polar surface area (TPSA) is 66.5 Å². The van der Waals surface area contributed by atoms with Crippen LogP contribution in [0, 0.1) is 11.6 Å². The number of benzene rings is 1. The van der Waals surface area contributed by atoms with Crippen molar-refractivity contribution in [2.24, 2.45) is 0 Å². The minimum absolute atomic E-state index is 0. The van der Waals surface area contributed by atoms with E-state index in [0.717, 1.165) is 12.1 Å². The lowest BCUT2D eigenvalue weighted by Gasteiger charge is -2.02. The average molecular weight is 209 g/mol. The Kier molecular flexibility index (Phi) is 4.12. The lowest BCUT2D eigenvalue weighted by atomic mass is 9.80. The molecule has 1 aromatic carbocycles. The van der Waals surface area contributed by atoms with E-state index in [9.17, 15) is 8.78 Å². The van der Waals surface area contributed by atoms with Crippen molar-refractivity contribution in [2.75, 3.05) is 5.73 Å². The van der Waals surface area contributed by atoms with Crippen molar-refractivity contribution in [1.29, 1.82) is 0 Å². The number of anilines is 1. The lowest BCUT2D eigenvalue weighted by molar-refractivity contribution is 0.425. The molecule has 0 unspecified atom stereocenters. The maximum Gasteiger partial charge on any atom is 0.488 e. The van der Waals surface area contributed by atoms with Crippen molar-refractivity contribution in [1.82, 2.24) is 0 Å². The molecule has 0 aromatic heterocycles. The second kappa shape index (κ2) is 4.41. The van der Waals surface area contributed by atoms with E-state index >= 15 is 0 Å². The SMILES string of the molecule is Cl.Nc1c(F)cc(B(O)O)cc1F. The summed E-state index contributed by atoms with van der Waals surface area (Å²) >= 11 is 0. The van der Waals surface area contributed by atoms with E-state index in [1.807, 2.05) is 0 Å². The van der Waals surface area contributed by atoms with E-state index in [0.29, 0.717) is 0 Å². The Hall–Kier alpha value is -0.845. The summed E-state index contributed by atoms with van der Waals surface area (Å²) in [6, 6.07) is 1.53. The summed E-state index contributed by atoms with van der Waals surface area (Å²) in [5.41, 5.74) is 4.05. The molecule has 0 aliphatic carbocycles. The van der Waals surface area contributed by atoms with Crippen LogP contribution in [0.5, 0.6) is 0 Å². The van der Waals surface area contributed by atoms with E-state index < -0.39 is 24.4 Å². The van der Waals surface area contributed by atoms with E-state index in [2.05, 4.69) is 0 Å². The zero-order valence-electron chi connectivity index (χ0n) is 6.37. The van der Waals surface area contributed by atoms with Crippen LogP contribution in [0.15, 0.2) is 12.1 Å². The van der Waals surface area contributed by atoms with Crippen LogP contribution >= 0.6 is 12.4 Å². The summed E-state index contributed by atoms with van der Waals surface area (Å²) in [4.78, 5) is 0. The first-order valence-electron chi connectivity index (χ1n) is 3.13. The standard InChI is InChI=1S/C6H6BF2NO2.ClH/c8-4-1-3(7(11)12)2-5(9)6(4)10;/h1-2,11-12H,10H2;1H. The van der Waals surface area contributed by atoms with E-state index in [-0.39, 0.29) is 17.9 Å². The number of nitrogens with two attached hydrogens (primary N) is 1. The Labute approximate surface area is 79.7 Å². The Morgan fingerprint density at radius 2 is 1.54 bits per heavy atom. The molecule has 4 N–H and O–H groups in total. The van der Waals surface area contributed by atoms with Gasteiger partial charge >= 0.3 is 7.12 Å². The summed E-state index contributed by atoms with van der Waals surface area (Å²) in [7, 11) is -1.89. The molecule has 1 rings (SSSR count). The van der Waals surface area contributed by atoms with Gasteiger partial charge in [-0.2, -0.15) is 0 Å². The van der Waals surface area contributed by atoms with E-state index in [1.165, 1.54) is 0 Å². The third-order valence-electron chi connectivity index (χ3n) is 1.40. The molecule has 0 aliphatic rings. The molecule has 7 heteroatoms. The van der Waals surface area contributed by atoms with E-state index in [1.54, 1.807) is 0 Å². The van der Waals surface area contributed by atoms with Crippen LogP contribution in [-0.2, 0) is 0 Å². The van der Waals surface area contributed by atoms with Crippen molar-refractivity contribution in [3.63, 3.8) is 0 Å². The van der Waals surface area contributed by atoms with Gasteiger partial charge in [0, 0.05) is 0 Å². The molecule has 0 saturated heterocycles. The number of rotatable bonds is 1. The van der Waals surface area contributed by atoms with Gasteiger partial charge in [-0.1, -0.05) is 0 Å². The van der Waals surface area contributed by atoms with Crippen LogP contribution < -0.4 is 11.2 Å². The summed E-state index contributed by atoms with van der Waals surface area (Å²) in [5, 5.41) is 17.1. The Balaban J connectivity index is 0.00000144. The van der Waals surface area contributed by atoms with Gasteiger partial charge in [0.2, 0.25) is 0 Å². The predicted molar refractivity (Wildman–Crippen MR) is 47.8 cm³/mol. The van der Waals surface area contributed by atoms with Crippen LogP contribution in [0.25, 0.3) is 0 Å². The molecule has 0 fully saturated rings. The second-order valence-corrected chi connectivity index (χ2v) is 2.27. The van der Waals surface area contributed by atoms with Gasteiger partial charge in [0.1, 0.15) is 17.3 Å². The number of hydrogen-bond donors (Lipinski definition) is 3. The molecule has 3 nitrogen and oxygen atoms in total. The fourth-order valence-corrected chi connectivity index (χ4v) is 0.753. The molecular formula is C6H7BClF2NO2. The molecule has 0 amide bonds. The molecule has 0 bridgehead atoms. The van der Waals surface area contributed by atoms with Crippen LogP contribution in [0.4, 0.5) is 14.5 Å². The van der Waals surface area contributed by atoms with Gasteiger partial charge in [0.15, 0.2) is 0 Å². The predicted octanol–water partition coefficient (Wildman–Crippen LogP) is -0.351. The molecule has 0 aliphatic heterocycles. The first-order valence-corrected chi connectivity index (χ1v) is 3.13. The average Bonchev–Trinajstić information content (AvgIpc) is 1.99. The van der Waals surface area contributed by atoms with Gasteiger partial charge in [0.25, 0.3) is 0 Å². The number of halogens is 3. The molecule has 0 atom stereocenters. The summed E-state index contributed by atoms with van der Waals surface area (Å²) in [6.07, 6.45) is 0. The smallest absolute Gasteiger partial charge is 0.423 e. The zero-order chi connectivity index (χ0) is 9.30. The summed E-state index contributed by atoms with van der Waals surface area (Å²) in [5.74, 6) is -2.00. The first-order chi connectivity index (χ1) is 5.52. The maximum absolute atomic E-state index is 12.6. The quantitative estimate of drug-likeness (QED) is 0.437. The van der Waals surface area contributed by atoms with Gasteiger partial charge in [-0.3, -0.25) is 0 Å². The van der Waals surface area contributed by atoms with Gasteiger partial charge in [0.05, 0.1) is 0 Å². The zero-order valence-corrected chi connectivity index (χ0v) is 7.18. The molecule has 1 aromatic rings. The molecule has 13 heavy (non-hydrogen) atoms. The van der Waals surface area contributed by atoms with Crippen molar-refractivity contribution in [2.45, 2.75) is 0 Å². The number of nitrogen functional groups attached to an aromatic ring is 1. The minimum Gasteiger partial charge on any atom is -0.423 e. The highest BCUT2D eigenvalue weighted by Crippen LogP contribution is 2.11. The Bertz CT molecular complexity index is 288. The fourth-order valence-electron chi connectivity index (χ4n) is 0.753. The second-order valence-electron chi connectivity index (χ2n) is 2.27.